The highest BCUT2D eigenvalue weighted by molar-refractivity contribution is 7.92. The molecule has 2 fully saturated rings. The Hall–Kier alpha value is -4.28. The Bertz CT molecular complexity index is 2010. The average Bonchev–Trinajstić information content (AvgIpc) is 3.01. The molecule has 3 aliphatic rings. The molecule has 2 aliphatic carbocycles. The number of nitrogens with one attached hydrogen (secondary N) is 1. The SMILES string of the molecule is Cc1cccc(C)c1-c1cc2nc(n1)NS(=O)(=O)c1cccc(c1)C(=O)N(C1CC3(C1)CC(O)(Cc1ccccc1)C3)[C@H](CC(C)(C)C)CO2. The first kappa shape index (κ1) is 34.2. The topological polar surface area (TPSA) is 122 Å². The van der Waals surface area contributed by atoms with Gasteiger partial charge >= 0.3 is 0 Å². The minimum absolute atomic E-state index is 0.0280. The van der Waals surface area contributed by atoms with Crippen molar-refractivity contribution >= 4 is 21.9 Å². The number of nitrogens with zero attached hydrogens (tertiary/aromatic N) is 3. The number of amides is 1. The van der Waals surface area contributed by atoms with E-state index in [4.69, 9.17) is 4.74 Å². The number of hydrogen-bond donors (Lipinski definition) is 2. The molecule has 4 bridgehead atoms. The van der Waals surface area contributed by atoms with Gasteiger partial charge in [0.25, 0.3) is 15.9 Å². The van der Waals surface area contributed by atoms with Gasteiger partial charge in [-0.2, -0.15) is 4.98 Å². The quantitative estimate of drug-likeness (QED) is 0.228. The maximum Gasteiger partial charge on any atom is 0.264 e. The van der Waals surface area contributed by atoms with Gasteiger partial charge in [-0.15, -0.1) is 0 Å². The third kappa shape index (κ3) is 6.88. The first-order valence-corrected chi connectivity index (χ1v) is 18.9. The van der Waals surface area contributed by atoms with Gasteiger partial charge in [0.05, 0.1) is 22.2 Å². The molecule has 2 saturated carbocycles. The Balaban J connectivity index is 1.25. The maximum absolute atomic E-state index is 14.6. The predicted molar refractivity (Wildman–Crippen MR) is 194 cm³/mol. The van der Waals surface area contributed by atoms with E-state index >= 15 is 0 Å². The van der Waals surface area contributed by atoms with E-state index in [1.165, 1.54) is 12.1 Å². The molecular weight excluding hydrogens is 649 g/mol. The van der Waals surface area contributed by atoms with E-state index in [-0.39, 0.29) is 52.2 Å². The van der Waals surface area contributed by atoms with Gasteiger partial charge in [0, 0.05) is 29.7 Å². The lowest BCUT2D eigenvalue weighted by Crippen LogP contribution is -2.65. The molecule has 10 heteroatoms. The van der Waals surface area contributed by atoms with Gasteiger partial charge in [-0.25, -0.2) is 18.1 Å². The number of rotatable bonds is 5. The molecule has 50 heavy (non-hydrogen) atoms. The van der Waals surface area contributed by atoms with E-state index in [9.17, 15) is 18.3 Å². The summed E-state index contributed by atoms with van der Waals surface area (Å²) in [5.41, 5.74) is 3.88. The second kappa shape index (κ2) is 12.5. The Morgan fingerprint density at radius 3 is 2.30 bits per heavy atom. The molecule has 0 saturated heterocycles. The van der Waals surface area contributed by atoms with Gasteiger partial charge in [0.1, 0.15) is 6.61 Å². The third-order valence-electron chi connectivity index (χ3n) is 10.5. The summed E-state index contributed by atoms with van der Waals surface area (Å²) < 4.78 is 36.5. The Morgan fingerprint density at radius 1 is 0.940 bits per heavy atom. The van der Waals surface area contributed by atoms with Crippen LogP contribution in [0.5, 0.6) is 5.88 Å². The molecule has 3 aromatic carbocycles. The van der Waals surface area contributed by atoms with E-state index in [1.54, 1.807) is 18.2 Å². The fraction of sp³-hybridized carbons (Fsp3) is 0.425. The van der Waals surface area contributed by atoms with E-state index in [1.807, 2.05) is 55.1 Å². The molecule has 2 heterocycles. The van der Waals surface area contributed by atoms with Crippen molar-refractivity contribution in [2.75, 3.05) is 11.3 Å². The summed E-state index contributed by atoms with van der Waals surface area (Å²) in [5, 5.41) is 11.4. The maximum atomic E-state index is 14.6. The van der Waals surface area contributed by atoms with Crippen LogP contribution in [0.2, 0.25) is 0 Å². The molecule has 1 amide bonds. The van der Waals surface area contributed by atoms with Crippen LogP contribution >= 0.6 is 0 Å². The summed E-state index contributed by atoms with van der Waals surface area (Å²) in [6.07, 6.45) is 4.19. The number of fused-ring (bicyclic) bond motifs is 4. The van der Waals surface area contributed by atoms with Crippen molar-refractivity contribution in [3.63, 3.8) is 0 Å². The molecule has 262 valence electrons. The summed E-state index contributed by atoms with van der Waals surface area (Å²) >= 11 is 0. The van der Waals surface area contributed by atoms with E-state index in [0.717, 1.165) is 35.1 Å². The molecule has 2 N–H and O–H groups in total. The number of sulfonamides is 1. The lowest BCUT2D eigenvalue weighted by molar-refractivity contribution is -0.184. The lowest BCUT2D eigenvalue weighted by Gasteiger charge is -2.64. The van der Waals surface area contributed by atoms with Gasteiger partial charge in [0.15, 0.2) is 0 Å². The number of aryl methyl sites for hydroxylation is 2. The largest absolute Gasteiger partial charge is 0.475 e. The summed E-state index contributed by atoms with van der Waals surface area (Å²) in [6.45, 7) is 10.6. The van der Waals surface area contributed by atoms with Gasteiger partial charge in [-0.3, -0.25) is 4.79 Å². The molecular formula is C40H46N4O5S. The molecule has 0 radical (unpaired) electrons. The standard InChI is InChI=1S/C40H46N4O5S/c1-26-11-9-12-27(2)35(26)33-18-34-42-37(41-33)43-50(47,48)32-16-10-15-29(17-32)36(45)44(31(23-49-34)20-38(3,4)5)30-21-39(22-30)24-40(46,25-39)19-28-13-7-6-8-14-28/h6-18,30-31,46H,19-25H2,1-5H3,(H,41,42,43)/t30?,31-,39?,40?/m1/s1. The molecule has 7 rings (SSSR count). The van der Waals surface area contributed by atoms with E-state index in [0.29, 0.717) is 36.9 Å². The minimum Gasteiger partial charge on any atom is -0.475 e. The Labute approximate surface area is 295 Å². The Morgan fingerprint density at radius 2 is 1.62 bits per heavy atom. The van der Waals surface area contributed by atoms with Crippen LogP contribution in [-0.2, 0) is 16.4 Å². The number of ether oxygens (including phenoxy) is 1. The second-order valence-corrected chi connectivity index (χ2v) is 17.7. The summed E-state index contributed by atoms with van der Waals surface area (Å²) in [7, 11) is -4.15. The van der Waals surface area contributed by atoms with Crippen LogP contribution in [0.1, 0.15) is 79.9 Å². The number of hydrogen-bond acceptors (Lipinski definition) is 7. The molecule has 1 aromatic heterocycles. The molecule has 4 aromatic rings. The second-order valence-electron chi connectivity index (χ2n) is 16.1. The zero-order chi connectivity index (χ0) is 35.5. The zero-order valence-corrected chi connectivity index (χ0v) is 30.3. The fourth-order valence-electron chi connectivity index (χ4n) is 8.64. The predicted octanol–water partition coefficient (Wildman–Crippen LogP) is 7.12. The smallest absolute Gasteiger partial charge is 0.264 e. The van der Waals surface area contributed by atoms with Gasteiger partial charge in [-0.05, 0) is 91.7 Å². The normalized spacial score (nSPS) is 26.0. The number of aliphatic hydroxyl groups is 1. The van der Waals surface area contributed by atoms with Crippen molar-refractivity contribution < 1.29 is 23.1 Å². The van der Waals surface area contributed by atoms with Crippen LogP contribution in [0.4, 0.5) is 5.95 Å². The molecule has 1 atom stereocenters. The molecule has 1 aliphatic heterocycles. The number of anilines is 1. The number of carbonyl (C=O) groups excluding carboxylic acids is 1. The van der Waals surface area contributed by atoms with Crippen LogP contribution < -0.4 is 9.46 Å². The van der Waals surface area contributed by atoms with Gasteiger partial charge in [-0.1, -0.05) is 75.4 Å². The third-order valence-corrected chi connectivity index (χ3v) is 11.8. The number of carbonyl (C=O) groups is 1. The minimum atomic E-state index is -4.15. The molecule has 1 spiro atoms. The fourth-order valence-corrected chi connectivity index (χ4v) is 9.63. The summed E-state index contributed by atoms with van der Waals surface area (Å²) in [5.74, 6) is -0.108. The monoisotopic (exact) mass is 694 g/mol. The van der Waals surface area contributed by atoms with Crippen LogP contribution in [-0.4, -0.2) is 58.6 Å². The number of aromatic nitrogens is 2. The van der Waals surface area contributed by atoms with Crippen molar-refractivity contribution in [2.45, 2.75) is 95.7 Å². The summed E-state index contributed by atoms with van der Waals surface area (Å²) in [6, 6.07) is 23.5. The van der Waals surface area contributed by atoms with Crippen LogP contribution in [0.25, 0.3) is 11.3 Å². The Kier molecular flexibility index (Phi) is 8.54. The van der Waals surface area contributed by atoms with Crippen LogP contribution in [0.3, 0.4) is 0 Å². The van der Waals surface area contributed by atoms with E-state index < -0.39 is 15.6 Å². The van der Waals surface area contributed by atoms with Gasteiger partial charge in [0.2, 0.25) is 11.8 Å². The lowest BCUT2D eigenvalue weighted by atomic mass is 9.47. The zero-order valence-electron chi connectivity index (χ0n) is 29.4. The highest BCUT2D eigenvalue weighted by Crippen LogP contribution is 2.62. The van der Waals surface area contributed by atoms with Crippen molar-refractivity contribution in [3.8, 4) is 17.1 Å². The van der Waals surface area contributed by atoms with Crippen molar-refractivity contribution in [3.05, 3.63) is 101 Å². The molecule has 9 nitrogen and oxygen atoms in total. The first-order valence-electron chi connectivity index (χ1n) is 17.4. The number of benzene rings is 3. The highest BCUT2D eigenvalue weighted by Gasteiger charge is 2.61. The van der Waals surface area contributed by atoms with Gasteiger partial charge < -0.3 is 14.7 Å². The first-order chi connectivity index (χ1) is 23.6. The van der Waals surface area contributed by atoms with Crippen LogP contribution in [0, 0.1) is 24.7 Å². The van der Waals surface area contributed by atoms with Crippen LogP contribution in [0.15, 0.2) is 83.8 Å². The average molecular weight is 695 g/mol. The van der Waals surface area contributed by atoms with Crippen molar-refractivity contribution in [1.82, 2.24) is 14.9 Å². The highest BCUT2D eigenvalue weighted by atomic mass is 32.2. The van der Waals surface area contributed by atoms with Crippen molar-refractivity contribution in [2.24, 2.45) is 10.8 Å². The van der Waals surface area contributed by atoms with Crippen molar-refractivity contribution in [1.29, 1.82) is 0 Å². The molecule has 0 unspecified atom stereocenters. The van der Waals surface area contributed by atoms with E-state index in [2.05, 4.69) is 47.6 Å². The summed E-state index contributed by atoms with van der Waals surface area (Å²) in [4.78, 5) is 25.7.